The summed E-state index contributed by atoms with van der Waals surface area (Å²) in [6.07, 6.45) is 10.2. The first-order valence-corrected chi connectivity index (χ1v) is 11.8. The lowest BCUT2D eigenvalue weighted by atomic mass is 9.94. The van der Waals surface area contributed by atoms with Crippen molar-refractivity contribution in [3.05, 3.63) is 74.8 Å². The summed E-state index contributed by atoms with van der Waals surface area (Å²) < 4.78 is 0. The van der Waals surface area contributed by atoms with Crippen LogP contribution in [-0.2, 0) is 19.3 Å². The molecule has 2 aliphatic rings. The topological polar surface area (TPSA) is 73.0 Å². The monoisotopic (exact) mass is 468 g/mol. The third-order valence-electron chi connectivity index (χ3n) is 6.41. The molecule has 3 aromatic rings. The van der Waals surface area contributed by atoms with Crippen LogP contribution < -0.4 is 10.6 Å². The Kier molecular flexibility index (Phi) is 5.89. The molecule has 5 rings (SSSR count). The Hall–Kier alpha value is -2.47. The number of nitrogens with one attached hydrogen (secondary N) is 3. The maximum Gasteiger partial charge on any atom is 0.0966 e. The van der Waals surface area contributed by atoms with Crippen molar-refractivity contribution in [2.24, 2.45) is 0 Å². The van der Waals surface area contributed by atoms with Crippen LogP contribution in [0.15, 0.2) is 36.7 Å². The molecule has 32 heavy (non-hydrogen) atoms. The van der Waals surface area contributed by atoms with Crippen molar-refractivity contribution < 1.29 is 5.11 Å². The number of allylic oxidation sites excluding steroid dienone is 2. The van der Waals surface area contributed by atoms with Crippen LogP contribution in [0.5, 0.6) is 0 Å². The predicted molar refractivity (Wildman–Crippen MR) is 132 cm³/mol. The van der Waals surface area contributed by atoms with Crippen LogP contribution in [0.2, 0.25) is 10.0 Å². The van der Waals surface area contributed by atoms with E-state index in [9.17, 15) is 5.11 Å². The van der Waals surface area contributed by atoms with Gasteiger partial charge in [0.2, 0.25) is 0 Å². The zero-order valence-corrected chi connectivity index (χ0v) is 19.4. The average Bonchev–Trinajstić information content (AvgIpc) is 3.35. The highest BCUT2D eigenvalue weighted by Crippen LogP contribution is 2.38. The molecule has 1 atom stereocenters. The fourth-order valence-electron chi connectivity index (χ4n) is 4.77. The van der Waals surface area contributed by atoms with E-state index in [0.29, 0.717) is 16.5 Å². The Morgan fingerprint density at radius 2 is 2.00 bits per heavy atom. The summed E-state index contributed by atoms with van der Waals surface area (Å²) in [5.41, 5.74) is 9.66. The normalized spacial score (nSPS) is 17.0. The molecule has 1 unspecified atom stereocenters. The van der Waals surface area contributed by atoms with E-state index in [4.69, 9.17) is 23.2 Å². The Balaban J connectivity index is 1.28. The second-order valence-corrected chi connectivity index (χ2v) is 9.30. The van der Waals surface area contributed by atoms with Gasteiger partial charge in [0.05, 0.1) is 27.5 Å². The fourth-order valence-corrected chi connectivity index (χ4v) is 5.40. The molecule has 2 heterocycles. The Morgan fingerprint density at radius 3 is 2.81 bits per heavy atom. The molecule has 0 amide bonds. The van der Waals surface area contributed by atoms with Crippen molar-refractivity contribution >= 4 is 45.8 Å². The Labute approximate surface area is 197 Å². The summed E-state index contributed by atoms with van der Waals surface area (Å²) in [5.74, 6) is 0. The number of aromatic amines is 1. The molecule has 5 nitrogen and oxygen atoms in total. The van der Waals surface area contributed by atoms with Gasteiger partial charge < -0.3 is 20.7 Å². The SMILES string of the molecule is CC1=CCCc2c(CCNc3c(Cl)cc(Nc4ccnc5c4CCC5O)cc3Cl)c[nH]c21. The van der Waals surface area contributed by atoms with Gasteiger partial charge in [-0.05, 0) is 79.5 Å². The minimum atomic E-state index is -0.490. The zero-order valence-electron chi connectivity index (χ0n) is 17.9. The summed E-state index contributed by atoms with van der Waals surface area (Å²) >= 11 is 13.2. The van der Waals surface area contributed by atoms with E-state index in [1.807, 2.05) is 18.2 Å². The van der Waals surface area contributed by atoms with Crippen molar-refractivity contribution in [1.82, 2.24) is 9.97 Å². The van der Waals surface area contributed by atoms with Crippen molar-refractivity contribution in [1.29, 1.82) is 0 Å². The van der Waals surface area contributed by atoms with Gasteiger partial charge in [-0.25, -0.2) is 0 Å². The lowest BCUT2D eigenvalue weighted by Crippen LogP contribution is -2.08. The number of H-pyrrole nitrogens is 1. The number of benzene rings is 1. The number of halogens is 2. The Bertz CT molecular complexity index is 1180. The molecule has 7 heteroatoms. The van der Waals surface area contributed by atoms with Gasteiger partial charge in [-0.3, -0.25) is 4.98 Å². The maximum atomic E-state index is 10.1. The second kappa shape index (κ2) is 8.81. The molecule has 2 aromatic heterocycles. The number of fused-ring (bicyclic) bond motifs is 2. The molecule has 0 aliphatic heterocycles. The highest BCUT2D eigenvalue weighted by molar-refractivity contribution is 6.39. The lowest BCUT2D eigenvalue weighted by Gasteiger charge is -2.16. The number of nitrogens with zero attached hydrogens (tertiary/aromatic N) is 1. The Morgan fingerprint density at radius 1 is 1.19 bits per heavy atom. The smallest absolute Gasteiger partial charge is 0.0966 e. The molecule has 0 saturated carbocycles. The third-order valence-corrected chi connectivity index (χ3v) is 7.01. The van der Waals surface area contributed by atoms with Crippen molar-refractivity contribution in [3.8, 4) is 0 Å². The summed E-state index contributed by atoms with van der Waals surface area (Å²) in [4.78, 5) is 7.74. The number of aliphatic hydroxyl groups is 1. The first kappa shape index (κ1) is 21.4. The minimum Gasteiger partial charge on any atom is -0.387 e. The molecule has 0 radical (unpaired) electrons. The van der Waals surface area contributed by atoms with E-state index in [2.05, 4.69) is 39.8 Å². The molecule has 0 fully saturated rings. The van der Waals surface area contributed by atoms with Gasteiger partial charge in [0.15, 0.2) is 0 Å². The largest absolute Gasteiger partial charge is 0.387 e. The van der Waals surface area contributed by atoms with E-state index in [-0.39, 0.29) is 0 Å². The quantitative estimate of drug-likeness (QED) is 0.335. The van der Waals surface area contributed by atoms with E-state index < -0.39 is 6.10 Å². The van der Waals surface area contributed by atoms with E-state index in [0.717, 1.165) is 60.5 Å². The molecule has 2 aliphatic carbocycles. The average molecular weight is 469 g/mol. The number of rotatable bonds is 6. The summed E-state index contributed by atoms with van der Waals surface area (Å²) in [6.45, 7) is 2.91. The maximum absolute atomic E-state index is 10.1. The molecule has 0 bridgehead atoms. The number of anilines is 3. The van der Waals surface area contributed by atoms with Crippen LogP contribution >= 0.6 is 23.2 Å². The second-order valence-electron chi connectivity index (χ2n) is 8.49. The van der Waals surface area contributed by atoms with Gasteiger partial charge in [0, 0.05) is 36.0 Å². The van der Waals surface area contributed by atoms with Crippen LogP contribution in [0.1, 0.15) is 53.9 Å². The first-order chi connectivity index (χ1) is 15.5. The zero-order chi connectivity index (χ0) is 22.2. The summed E-state index contributed by atoms with van der Waals surface area (Å²) in [6, 6.07) is 5.67. The molecular weight excluding hydrogens is 443 g/mol. The number of pyridine rings is 1. The van der Waals surface area contributed by atoms with Gasteiger partial charge in [0.1, 0.15) is 0 Å². The number of hydrogen-bond donors (Lipinski definition) is 4. The van der Waals surface area contributed by atoms with Crippen LogP contribution in [0.25, 0.3) is 5.57 Å². The van der Waals surface area contributed by atoms with E-state index in [1.165, 1.54) is 22.4 Å². The number of aromatic nitrogens is 2. The summed E-state index contributed by atoms with van der Waals surface area (Å²) in [7, 11) is 0. The number of aliphatic hydroxyl groups excluding tert-OH is 1. The third kappa shape index (κ3) is 4.01. The standard InChI is InChI=1S/C25H26Cl2N4O/c1-14-3-2-4-17-15(13-30-23(14)17)7-9-29-25-19(26)11-16(12-20(25)27)31-21-8-10-28-24-18(21)5-6-22(24)32/h3,8,10-13,22,29-30,32H,2,4-7,9H2,1H3,(H,28,31). The van der Waals surface area contributed by atoms with Crippen LogP contribution in [0, 0.1) is 0 Å². The van der Waals surface area contributed by atoms with E-state index >= 15 is 0 Å². The number of hydrogen-bond acceptors (Lipinski definition) is 4. The highest BCUT2D eigenvalue weighted by Gasteiger charge is 2.24. The van der Waals surface area contributed by atoms with Crippen LogP contribution in [0.3, 0.4) is 0 Å². The van der Waals surface area contributed by atoms with E-state index in [1.54, 1.807) is 6.20 Å². The van der Waals surface area contributed by atoms with Crippen molar-refractivity contribution in [3.63, 3.8) is 0 Å². The molecular formula is C25H26Cl2N4O. The van der Waals surface area contributed by atoms with Gasteiger partial charge >= 0.3 is 0 Å². The lowest BCUT2D eigenvalue weighted by molar-refractivity contribution is 0.176. The highest BCUT2D eigenvalue weighted by atomic mass is 35.5. The fraction of sp³-hybridized carbons (Fsp3) is 0.320. The molecule has 1 aromatic carbocycles. The molecule has 0 saturated heterocycles. The predicted octanol–water partition coefficient (Wildman–Crippen LogP) is 6.44. The molecule has 166 valence electrons. The summed E-state index contributed by atoms with van der Waals surface area (Å²) in [5, 5.41) is 18.0. The van der Waals surface area contributed by atoms with Gasteiger partial charge in [-0.2, -0.15) is 0 Å². The van der Waals surface area contributed by atoms with Crippen LogP contribution in [0.4, 0.5) is 17.1 Å². The van der Waals surface area contributed by atoms with Crippen LogP contribution in [-0.4, -0.2) is 21.6 Å². The minimum absolute atomic E-state index is 0.490. The molecule has 4 N–H and O–H groups in total. The first-order valence-electron chi connectivity index (χ1n) is 11.0. The van der Waals surface area contributed by atoms with Gasteiger partial charge in [0.25, 0.3) is 0 Å². The van der Waals surface area contributed by atoms with Gasteiger partial charge in [-0.15, -0.1) is 0 Å². The molecule has 0 spiro atoms. The van der Waals surface area contributed by atoms with Gasteiger partial charge in [-0.1, -0.05) is 29.3 Å². The van der Waals surface area contributed by atoms with Crippen molar-refractivity contribution in [2.75, 3.05) is 17.2 Å². The van der Waals surface area contributed by atoms with Crippen molar-refractivity contribution in [2.45, 2.75) is 45.1 Å².